The van der Waals surface area contributed by atoms with Crippen molar-refractivity contribution in [2.24, 2.45) is 5.14 Å². The van der Waals surface area contributed by atoms with E-state index in [1.165, 1.54) is 18.0 Å². The van der Waals surface area contributed by atoms with Gasteiger partial charge in [0.1, 0.15) is 5.69 Å². The number of nitrogens with zero attached hydrogens (tertiary/aromatic N) is 3. The van der Waals surface area contributed by atoms with Crippen molar-refractivity contribution in [2.45, 2.75) is 10.9 Å². The highest BCUT2D eigenvalue weighted by molar-refractivity contribution is 7.89. The highest BCUT2D eigenvalue weighted by atomic mass is 32.2. The molecule has 166 valence electrons. The molecular weight excluding hydrogens is 432 g/mol. The maximum atomic E-state index is 13.4. The van der Waals surface area contributed by atoms with Crippen LogP contribution in [-0.4, -0.2) is 38.4 Å². The Bertz CT molecular complexity index is 1190. The SMILES string of the molecule is CN(C(=O)N(C)C(c1ccccc1)c1ccccc1)c1ccc(S(N)(=O)=O)cc1[N+](=O)[O-]. The Morgan fingerprint density at radius 1 is 0.938 bits per heavy atom. The number of nitro benzene ring substituents is 1. The van der Waals surface area contributed by atoms with E-state index in [1.54, 1.807) is 7.05 Å². The van der Waals surface area contributed by atoms with Crippen LogP contribution in [0.25, 0.3) is 0 Å². The first-order chi connectivity index (χ1) is 15.1. The smallest absolute Gasteiger partial charge is 0.316 e. The van der Waals surface area contributed by atoms with Crippen molar-refractivity contribution in [1.29, 1.82) is 0 Å². The Hall–Kier alpha value is -3.76. The second-order valence-electron chi connectivity index (χ2n) is 7.13. The highest BCUT2D eigenvalue weighted by Gasteiger charge is 2.30. The van der Waals surface area contributed by atoms with Crippen molar-refractivity contribution in [2.75, 3.05) is 19.0 Å². The molecule has 9 nitrogen and oxygen atoms in total. The lowest BCUT2D eigenvalue weighted by atomic mass is 9.97. The molecule has 0 saturated heterocycles. The molecule has 0 saturated carbocycles. The summed E-state index contributed by atoms with van der Waals surface area (Å²) in [6.45, 7) is 0. The number of hydrogen-bond donors (Lipinski definition) is 1. The van der Waals surface area contributed by atoms with E-state index in [0.717, 1.165) is 28.2 Å². The number of anilines is 1. The summed E-state index contributed by atoms with van der Waals surface area (Å²) in [5.41, 5.74) is 1.12. The standard InChI is InChI=1S/C22H22N4O5S/c1-24(19-14-13-18(32(23,30)31)15-20(19)26(28)29)22(27)25(2)21(16-9-5-3-6-10-16)17-11-7-4-8-12-17/h3-15,21H,1-2H3,(H2,23,30,31). The van der Waals surface area contributed by atoms with Gasteiger partial charge in [0.25, 0.3) is 5.69 Å². The summed E-state index contributed by atoms with van der Waals surface area (Å²) >= 11 is 0. The summed E-state index contributed by atoms with van der Waals surface area (Å²) < 4.78 is 23.2. The minimum absolute atomic E-state index is 0.0564. The molecular formula is C22H22N4O5S. The van der Waals surface area contributed by atoms with Crippen LogP contribution >= 0.6 is 0 Å². The zero-order chi connectivity index (χ0) is 23.5. The minimum atomic E-state index is -4.14. The van der Waals surface area contributed by atoms with Crippen molar-refractivity contribution >= 4 is 27.4 Å². The summed E-state index contributed by atoms with van der Waals surface area (Å²) in [7, 11) is -1.14. The zero-order valence-corrected chi connectivity index (χ0v) is 18.3. The van der Waals surface area contributed by atoms with Gasteiger partial charge in [-0.3, -0.25) is 15.0 Å². The van der Waals surface area contributed by atoms with E-state index in [1.807, 2.05) is 60.7 Å². The average molecular weight is 455 g/mol. The van der Waals surface area contributed by atoms with E-state index in [2.05, 4.69) is 0 Å². The molecule has 3 aromatic carbocycles. The second-order valence-corrected chi connectivity index (χ2v) is 8.69. The van der Waals surface area contributed by atoms with Gasteiger partial charge in [-0.25, -0.2) is 18.4 Å². The average Bonchev–Trinajstić information content (AvgIpc) is 2.78. The summed E-state index contributed by atoms with van der Waals surface area (Å²) in [4.78, 5) is 26.4. The molecule has 0 aromatic heterocycles. The molecule has 0 radical (unpaired) electrons. The van der Waals surface area contributed by atoms with Crippen molar-refractivity contribution in [1.82, 2.24) is 4.90 Å². The van der Waals surface area contributed by atoms with Crippen LogP contribution in [0, 0.1) is 10.1 Å². The third-order valence-corrected chi connectivity index (χ3v) is 5.95. The van der Waals surface area contributed by atoms with Gasteiger partial charge in [0.05, 0.1) is 15.9 Å². The van der Waals surface area contributed by atoms with Crippen LogP contribution in [-0.2, 0) is 10.0 Å². The Morgan fingerprint density at radius 3 is 1.88 bits per heavy atom. The predicted molar refractivity (Wildman–Crippen MR) is 121 cm³/mol. The Morgan fingerprint density at radius 2 is 1.44 bits per heavy atom. The molecule has 0 aliphatic heterocycles. The van der Waals surface area contributed by atoms with Gasteiger partial charge < -0.3 is 4.90 Å². The fourth-order valence-electron chi connectivity index (χ4n) is 3.47. The largest absolute Gasteiger partial charge is 0.324 e. The summed E-state index contributed by atoms with van der Waals surface area (Å²) in [5, 5.41) is 16.7. The fourth-order valence-corrected chi connectivity index (χ4v) is 4.00. The maximum absolute atomic E-state index is 13.4. The number of benzene rings is 3. The number of carbonyl (C=O) groups excluding carboxylic acids is 1. The van der Waals surface area contributed by atoms with E-state index in [0.29, 0.717) is 0 Å². The van der Waals surface area contributed by atoms with Crippen molar-refractivity contribution in [3.8, 4) is 0 Å². The summed E-state index contributed by atoms with van der Waals surface area (Å²) in [6.07, 6.45) is 0. The quantitative estimate of drug-likeness (QED) is 0.450. The van der Waals surface area contributed by atoms with E-state index >= 15 is 0 Å². The molecule has 0 fully saturated rings. The van der Waals surface area contributed by atoms with Crippen LogP contribution in [0.4, 0.5) is 16.2 Å². The summed E-state index contributed by atoms with van der Waals surface area (Å²) in [6, 6.07) is 21.0. The topological polar surface area (TPSA) is 127 Å². The lowest BCUT2D eigenvalue weighted by molar-refractivity contribution is -0.384. The lowest BCUT2D eigenvalue weighted by Gasteiger charge is -2.32. The molecule has 32 heavy (non-hydrogen) atoms. The number of carbonyl (C=O) groups is 1. The number of urea groups is 1. The monoisotopic (exact) mass is 454 g/mol. The Balaban J connectivity index is 2.02. The maximum Gasteiger partial charge on any atom is 0.324 e. The molecule has 0 heterocycles. The molecule has 3 rings (SSSR count). The summed E-state index contributed by atoms with van der Waals surface area (Å²) in [5.74, 6) is 0. The molecule has 2 amide bonds. The molecule has 0 bridgehead atoms. The van der Waals surface area contributed by atoms with Crippen LogP contribution in [0.15, 0.2) is 83.8 Å². The van der Waals surface area contributed by atoms with Crippen LogP contribution in [0.3, 0.4) is 0 Å². The van der Waals surface area contributed by atoms with Gasteiger partial charge in [-0.2, -0.15) is 0 Å². The Labute approximate surface area is 185 Å². The van der Waals surface area contributed by atoms with Gasteiger partial charge >= 0.3 is 6.03 Å². The van der Waals surface area contributed by atoms with E-state index in [9.17, 15) is 23.3 Å². The third-order valence-electron chi connectivity index (χ3n) is 5.04. The van der Waals surface area contributed by atoms with Gasteiger partial charge in [-0.05, 0) is 23.3 Å². The second kappa shape index (κ2) is 9.16. The van der Waals surface area contributed by atoms with E-state index in [-0.39, 0.29) is 5.69 Å². The van der Waals surface area contributed by atoms with E-state index < -0.39 is 37.6 Å². The molecule has 0 aliphatic carbocycles. The number of nitrogens with two attached hydrogens (primary N) is 1. The molecule has 10 heteroatoms. The molecule has 2 N–H and O–H groups in total. The Kier molecular flexibility index (Phi) is 6.56. The minimum Gasteiger partial charge on any atom is -0.316 e. The van der Waals surface area contributed by atoms with Gasteiger partial charge in [-0.15, -0.1) is 0 Å². The molecule has 0 atom stereocenters. The van der Waals surface area contributed by atoms with Crippen LogP contribution < -0.4 is 10.0 Å². The first kappa shape index (κ1) is 22.9. The number of hydrogen-bond acceptors (Lipinski definition) is 5. The molecule has 0 aliphatic rings. The predicted octanol–water partition coefficient (Wildman–Crippen LogP) is 3.52. The lowest BCUT2D eigenvalue weighted by Crippen LogP contribution is -2.41. The highest BCUT2D eigenvalue weighted by Crippen LogP contribution is 2.33. The third kappa shape index (κ3) is 4.76. The number of sulfonamides is 1. The fraction of sp³-hybridized carbons (Fsp3) is 0.136. The number of rotatable bonds is 6. The van der Waals surface area contributed by atoms with Crippen LogP contribution in [0.2, 0.25) is 0 Å². The van der Waals surface area contributed by atoms with Crippen LogP contribution in [0.5, 0.6) is 0 Å². The van der Waals surface area contributed by atoms with Crippen LogP contribution in [0.1, 0.15) is 17.2 Å². The van der Waals surface area contributed by atoms with Gasteiger partial charge in [0, 0.05) is 20.2 Å². The number of amides is 2. The van der Waals surface area contributed by atoms with E-state index in [4.69, 9.17) is 5.14 Å². The van der Waals surface area contributed by atoms with Crippen molar-refractivity contribution in [3.05, 3.63) is 100 Å². The molecule has 3 aromatic rings. The number of nitro groups is 1. The normalized spacial score (nSPS) is 11.2. The first-order valence-electron chi connectivity index (χ1n) is 9.53. The first-order valence-corrected chi connectivity index (χ1v) is 11.1. The van der Waals surface area contributed by atoms with Crippen molar-refractivity contribution < 1.29 is 18.1 Å². The van der Waals surface area contributed by atoms with Gasteiger partial charge in [0.15, 0.2) is 0 Å². The number of primary sulfonamides is 1. The van der Waals surface area contributed by atoms with Gasteiger partial charge in [-0.1, -0.05) is 60.7 Å². The molecule has 0 spiro atoms. The van der Waals surface area contributed by atoms with Crippen molar-refractivity contribution in [3.63, 3.8) is 0 Å². The zero-order valence-electron chi connectivity index (χ0n) is 17.5. The van der Waals surface area contributed by atoms with Gasteiger partial charge in [0.2, 0.25) is 10.0 Å². The molecule has 0 unspecified atom stereocenters.